The number of rotatable bonds is 5. The third kappa shape index (κ3) is 5.14. The van der Waals surface area contributed by atoms with Crippen LogP contribution in [-0.4, -0.2) is 31.7 Å². The van der Waals surface area contributed by atoms with E-state index in [1.54, 1.807) is 0 Å². The van der Waals surface area contributed by atoms with E-state index in [9.17, 15) is 8.42 Å². The van der Waals surface area contributed by atoms with Crippen molar-refractivity contribution < 1.29 is 13.5 Å². The van der Waals surface area contributed by atoms with Crippen LogP contribution in [0.4, 0.5) is 5.13 Å². The summed E-state index contributed by atoms with van der Waals surface area (Å²) in [5.41, 5.74) is 0. The number of nitrogens with one attached hydrogen (secondary N) is 2. The van der Waals surface area contributed by atoms with Gasteiger partial charge in [-0.2, -0.15) is 13.1 Å². The molecular weight excluding hydrogens is 262 g/mol. The first-order valence-electron chi connectivity index (χ1n) is 4.90. The minimum absolute atomic E-state index is 0.239. The molecule has 1 rings (SSSR count). The van der Waals surface area contributed by atoms with E-state index in [-0.39, 0.29) is 11.7 Å². The Morgan fingerprint density at radius 3 is 3.00 bits per heavy atom. The predicted molar refractivity (Wildman–Crippen MR) is 66.9 cm³/mol. The Morgan fingerprint density at radius 1 is 1.59 bits per heavy atom. The van der Waals surface area contributed by atoms with E-state index >= 15 is 0 Å². The number of aliphatic hydroxyl groups excluding tert-OH is 1. The highest BCUT2D eigenvalue weighted by atomic mass is 32.2. The number of hydrogen-bond donors (Lipinski definition) is 3. The Balaban J connectivity index is 2.66. The van der Waals surface area contributed by atoms with E-state index in [1.165, 1.54) is 6.20 Å². The van der Waals surface area contributed by atoms with E-state index in [4.69, 9.17) is 5.11 Å². The summed E-state index contributed by atoms with van der Waals surface area (Å²) in [7, 11) is -3.55. The average molecular weight is 275 g/mol. The average Bonchev–Trinajstić information content (AvgIpc) is 2.70. The van der Waals surface area contributed by atoms with Gasteiger partial charge >= 0.3 is 10.2 Å². The minimum Gasteiger partial charge on any atom is -0.384 e. The van der Waals surface area contributed by atoms with Gasteiger partial charge in [-0.1, -0.05) is 30.1 Å². The molecule has 0 fully saturated rings. The Morgan fingerprint density at radius 2 is 2.35 bits per heavy atom. The number of aromatic nitrogens is 1. The minimum atomic E-state index is -3.55. The zero-order valence-corrected chi connectivity index (χ0v) is 10.9. The largest absolute Gasteiger partial charge is 0.384 e. The van der Waals surface area contributed by atoms with Crippen LogP contribution in [0.2, 0.25) is 0 Å². The van der Waals surface area contributed by atoms with E-state index in [0.717, 1.165) is 11.3 Å². The molecule has 0 unspecified atom stereocenters. The summed E-state index contributed by atoms with van der Waals surface area (Å²) in [5, 5.41) is 8.75. The molecule has 94 valence electrons. The molecule has 17 heavy (non-hydrogen) atoms. The first-order chi connectivity index (χ1) is 8.07. The fourth-order valence-electron chi connectivity index (χ4n) is 0.893. The van der Waals surface area contributed by atoms with Crippen molar-refractivity contribution in [2.45, 2.75) is 13.3 Å². The molecule has 0 aliphatic heterocycles. The smallest absolute Gasteiger partial charge is 0.300 e. The van der Waals surface area contributed by atoms with Gasteiger partial charge in [0.2, 0.25) is 0 Å². The van der Waals surface area contributed by atoms with Crippen molar-refractivity contribution in [1.29, 1.82) is 0 Å². The maximum atomic E-state index is 11.5. The molecule has 0 atom stereocenters. The summed E-state index contributed by atoms with van der Waals surface area (Å²) in [5.74, 6) is 5.10. The molecule has 0 bridgehead atoms. The highest BCUT2D eigenvalue weighted by Gasteiger charge is 2.10. The first kappa shape index (κ1) is 13.9. The molecule has 6 nitrogen and oxygen atoms in total. The zero-order chi connectivity index (χ0) is 12.7. The van der Waals surface area contributed by atoms with Crippen molar-refractivity contribution in [3.63, 3.8) is 0 Å². The van der Waals surface area contributed by atoms with Gasteiger partial charge in [0, 0.05) is 6.54 Å². The van der Waals surface area contributed by atoms with Crippen LogP contribution < -0.4 is 9.44 Å². The second-order valence-electron chi connectivity index (χ2n) is 2.99. The number of hydrogen-bond acceptors (Lipinski definition) is 5. The Hall–Kier alpha value is -1.14. The molecule has 3 N–H and O–H groups in total. The molecule has 1 heterocycles. The number of anilines is 1. The lowest BCUT2D eigenvalue weighted by molar-refractivity contribution is 0.350. The van der Waals surface area contributed by atoms with E-state index in [2.05, 4.69) is 26.3 Å². The quantitative estimate of drug-likeness (QED) is 0.667. The van der Waals surface area contributed by atoms with Crippen LogP contribution in [0.3, 0.4) is 0 Å². The molecule has 8 heteroatoms. The number of aliphatic hydroxyl groups is 1. The van der Waals surface area contributed by atoms with Gasteiger partial charge in [0.15, 0.2) is 5.13 Å². The zero-order valence-electron chi connectivity index (χ0n) is 9.23. The van der Waals surface area contributed by atoms with E-state index < -0.39 is 10.2 Å². The molecule has 0 aliphatic carbocycles. The van der Waals surface area contributed by atoms with Crippen molar-refractivity contribution in [3.05, 3.63) is 11.1 Å². The van der Waals surface area contributed by atoms with Gasteiger partial charge in [0.05, 0.1) is 11.1 Å². The van der Waals surface area contributed by atoms with Crippen LogP contribution in [0.5, 0.6) is 0 Å². The van der Waals surface area contributed by atoms with Gasteiger partial charge in [-0.3, -0.25) is 0 Å². The monoisotopic (exact) mass is 275 g/mol. The third-order valence-electron chi connectivity index (χ3n) is 1.56. The molecule has 0 amide bonds. The molecule has 1 aromatic heterocycles. The van der Waals surface area contributed by atoms with Crippen LogP contribution in [0.15, 0.2) is 6.20 Å². The third-order valence-corrected chi connectivity index (χ3v) is 3.56. The van der Waals surface area contributed by atoms with Crippen molar-refractivity contribution in [2.24, 2.45) is 0 Å². The number of thiazole rings is 1. The standard InChI is InChI=1S/C9H13N3O3S2/c1-2-5-11-17(14,15)12-9-10-7-8(16-9)4-3-6-13/h7,11,13H,2,5-6H2,1H3,(H,10,12). The summed E-state index contributed by atoms with van der Waals surface area (Å²) < 4.78 is 27.6. The highest BCUT2D eigenvalue weighted by Crippen LogP contribution is 2.17. The SMILES string of the molecule is CCCNS(=O)(=O)Nc1ncc(C#CCO)s1. The second kappa shape index (κ2) is 6.56. The Bertz CT molecular complexity index is 513. The molecule has 1 aromatic rings. The van der Waals surface area contributed by atoms with Crippen LogP contribution in [-0.2, 0) is 10.2 Å². The van der Waals surface area contributed by atoms with Crippen molar-refractivity contribution in [3.8, 4) is 11.8 Å². The van der Waals surface area contributed by atoms with Crippen LogP contribution >= 0.6 is 11.3 Å². The Labute approximate surface area is 104 Å². The van der Waals surface area contributed by atoms with Gasteiger partial charge in [-0.25, -0.2) is 9.71 Å². The van der Waals surface area contributed by atoms with Gasteiger partial charge in [-0.05, 0) is 6.42 Å². The predicted octanol–water partition coefficient (Wildman–Crippen LogP) is 0.143. The topological polar surface area (TPSA) is 91.3 Å². The molecule has 0 aromatic carbocycles. The maximum absolute atomic E-state index is 11.5. The fourth-order valence-corrected chi connectivity index (χ4v) is 2.76. The first-order valence-corrected chi connectivity index (χ1v) is 7.20. The summed E-state index contributed by atoms with van der Waals surface area (Å²) in [6.07, 6.45) is 2.16. The van der Waals surface area contributed by atoms with Gasteiger partial charge in [0.1, 0.15) is 6.61 Å². The van der Waals surface area contributed by atoms with Crippen molar-refractivity contribution >= 4 is 26.7 Å². The van der Waals surface area contributed by atoms with Crippen LogP contribution in [0.1, 0.15) is 18.2 Å². The molecule has 0 aliphatic rings. The lowest BCUT2D eigenvalue weighted by Gasteiger charge is -2.04. The maximum Gasteiger partial charge on any atom is 0.300 e. The van der Waals surface area contributed by atoms with Crippen molar-refractivity contribution in [1.82, 2.24) is 9.71 Å². The van der Waals surface area contributed by atoms with Gasteiger partial charge in [0.25, 0.3) is 0 Å². The van der Waals surface area contributed by atoms with Crippen LogP contribution in [0.25, 0.3) is 0 Å². The molecule has 0 spiro atoms. The van der Waals surface area contributed by atoms with E-state index in [0.29, 0.717) is 17.8 Å². The summed E-state index contributed by atoms with van der Waals surface area (Å²) in [6, 6.07) is 0. The number of nitrogens with zero attached hydrogens (tertiary/aromatic N) is 1. The van der Waals surface area contributed by atoms with E-state index in [1.807, 2.05) is 6.92 Å². The molecule has 0 saturated carbocycles. The molecule has 0 saturated heterocycles. The Kier molecular flexibility index (Phi) is 5.37. The van der Waals surface area contributed by atoms with Gasteiger partial charge < -0.3 is 5.11 Å². The summed E-state index contributed by atoms with van der Waals surface area (Å²) in [6.45, 7) is 2.00. The normalized spacial score (nSPS) is 10.7. The molecular formula is C9H13N3O3S2. The van der Waals surface area contributed by atoms with Gasteiger partial charge in [-0.15, -0.1) is 0 Å². The summed E-state index contributed by atoms with van der Waals surface area (Å²) in [4.78, 5) is 4.46. The highest BCUT2D eigenvalue weighted by molar-refractivity contribution is 7.91. The van der Waals surface area contributed by atoms with Crippen LogP contribution in [0, 0.1) is 11.8 Å². The lowest BCUT2D eigenvalue weighted by Crippen LogP contribution is -2.30. The lowest BCUT2D eigenvalue weighted by atomic mass is 10.5. The second-order valence-corrected chi connectivity index (χ2v) is 5.52. The fraction of sp³-hybridized carbons (Fsp3) is 0.444. The summed E-state index contributed by atoms with van der Waals surface area (Å²) >= 11 is 1.11. The molecule has 0 radical (unpaired) electrons. The van der Waals surface area contributed by atoms with Crippen molar-refractivity contribution in [2.75, 3.05) is 17.9 Å².